The summed E-state index contributed by atoms with van der Waals surface area (Å²) in [5, 5.41) is 20.3. The second-order valence-corrected chi connectivity index (χ2v) is 11.3. The summed E-state index contributed by atoms with van der Waals surface area (Å²) in [4.78, 5) is 68.4. The van der Waals surface area contributed by atoms with Crippen LogP contribution in [0.4, 0.5) is 0 Å². The van der Waals surface area contributed by atoms with E-state index in [1.807, 2.05) is 7.05 Å². The summed E-state index contributed by atoms with van der Waals surface area (Å²) in [6.45, 7) is -0.114. The number of aliphatic hydroxyl groups excluding tert-OH is 1. The van der Waals surface area contributed by atoms with Crippen LogP contribution in [0, 0.1) is 23.7 Å². The quantitative estimate of drug-likeness (QED) is 0.368. The lowest BCUT2D eigenvalue weighted by atomic mass is 9.62. The molecule has 0 bridgehead atoms. The van der Waals surface area contributed by atoms with Crippen LogP contribution in [-0.4, -0.2) is 96.5 Å². The third-order valence-corrected chi connectivity index (χ3v) is 8.69. The van der Waals surface area contributed by atoms with Gasteiger partial charge >= 0.3 is 0 Å². The highest BCUT2D eigenvalue weighted by atomic mass is 16.5. The molecule has 0 radical (unpaired) electrons. The zero-order chi connectivity index (χ0) is 28.8. The highest BCUT2D eigenvalue weighted by molar-refractivity contribution is 6.20. The number of carbonyl (C=O) groups is 5. The molecule has 6 unspecified atom stereocenters. The second kappa shape index (κ2) is 11.1. The third kappa shape index (κ3) is 4.99. The zero-order valence-corrected chi connectivity index (χ0v) is 22.8. The van der Waals surface area contributed by atoms with Gasteiger partial charge in [-0.2, -0.15) is 0 Å². The van der Waals surface area contributed by atoms with Gasteiger partial charge in [0.2, 0.25) is 5.91 Å². The highest BCUT2D eigenvalue weighted by Crippen LogP contribution is 2.49. The molecule has 4 N–H and O–H groups in total. The van der Waals surface area contributed by atoms with Crippen molar-refractivity contribution in [3.63, 3.8) is 0 Å². The molecule has 0 aromatic heterocycles. The molecule has 2 fully saturated rings. The molecule has 1 aliphatic heterocycles. The second-order valence-electron chi connectivity index (χ2n) is 11.3. The standard InChI is InChI=1S/C28H37N3O8/c1-30(2)24(26(37)23(28(29)38)20(35)12-32)14-8-13-9-16-22(25(36)21(13)18(33)10-14)19(34)11-15(27(16)39-4)17-6-5-7-31(17)3/h11,13-14,17,21,23-24,32,34H,5-10,12H2,1-4H3,(H2,29,38). The van der Waals surface area contributed by atoms with Gasteiger partial charge in [-0.25, -0.2) is 0 Å². The van der Waals surface area contributed by atoms with Crippen LogP contribution in [0.1, 0.15) is 53.2 Å². The van der Waals surface area contributed by atoms with Crippen molar-refractivity contribution in [1.29, 1.82) is 0 Å². The molecule has 1 saturated heterocycles. The van der Waals surface area contributed by atoms with Gasteiger partial charge in [-0.1, -0.05) is 0 Å². The predicted octanol–water partition coefficient (Wildman–Crippen LogP) is 0.280. The van der Waals surface area contributed by atoms with Gasteiger partial charge in [0, 0.05) is 23.6 Å². The average molecular weight is 544 g/mol. The van der Waals surface area contributed by atoms with Crippen LogP contribution >= 0.6 is 0 Å². The molecule has 6 atom stereocenters. The molecule has 1 aromatic carbocycles. The molecule has 1 saturated carbocycles. The number of benzene rings is 1. The van der Waals surface area contributed by atoms with Gasteiger partial charge < -0.3 is 20.7 Å². The Morgan fingerprint density at radius 3 is 2.46 bits per heavy atom. The Kier molecular flexibility index (Phi) is 8.25. The van der Waals surface area contributed by atoms with Gasteiger partial charge in [0.05, 0.1) is 24.6 Å². The smallest absolute Gasteiger partial charge is 0.235 e. The molecule has 11 nitrogen and oxygen atoms in total. The number of likely N-dealkylation sites (N-methyl/N-ethyl adjacent to an activating group) is 1. The first kappa shape index (κ1) is 28.8. The summed E-state index contributed by atoms with van der Waals surface area (Å²) in [7, 11) is 6.73. The van der Waals surface area contributed by atoms with E-state index in [2.05, 4.69) is 4.90 Å². The van der Waals surface area contributed by atoms with Crippen LogP contribution < -0.4 is 10.5 Å². The maximum absolute atomic E-state index is 13.7. The summed E-state index contributed by atoms with van der Waals surface area (Å²) in [6, 6.07) is 0.602. The van der Waals surface area contributed by atoms with Crippen molar-refractivity contribution in [3.05, 3.63) is 22.8 Å². The van der Waals surface area contributed by atoms with Crippen molar-refractivity contribution in [3.8, 4) is 11.5 Å². The van der Waals surface area contributed by atoms with E-state index in [1.54, 1.807) is 25.1 Å². The van der Waals surface area contributed by atoms with E-state index >= 15 is 0 Å². The summed E-state index contributed by atoms with van der Waals surface area (Å²) < 4.78 is 5.81. The van der Waals surface area contributed by atoms with Gasteiger partial charge in [-0.3, -0.25) is 33.8 Å². The number of amides is 1. The van der Waals surface area contributed by atoms with E-state index in [9.17, 15) is 34.2 Å². The molecular weight excluding hydrogens is 506 g/mol. The van der Waals surface area contributed by atoms with E-state index in [0.717, 1.165) is 24.9 Å². The van der Waals surface area contributed by atoms with E-state index in [0.29, 0.717) is 17.7 Å². The van der Waals surface area contributed by atoms with E-state index in [4.69, 9.17) is 10.5 Å². The van der Waals surface area contributed by atoms with Crippen molar-refractivity contribution in [2.24, 2.45) is 29.4 Å². The number of aromatic hydroxyl groups is 1. The summed E-state index contributed by atoms with van der Waals surface area (Å²) in [6.07, 6.45) is 2.35. The molecule has 1 heterocycles. The molecule has 1 aromatic rings. The van der Waals surface area contributed by atoms with Gasteiger partial charge in [-0.15, -0.1) is 0 Å². The topological polar surface area (TPSA) is 168 Å². The fraction of sp³-hybridized carbons (Fsp3) is 0.607. The van der Waals surface area contributed by atoms with E-state index in [-0.39, 0.29) is 36.0 Å². The van der Waals surface area contributed by atoms with Crippen LogP contribution in [0.15, 0.2) is 6.07 Å². The van der Waals surface area contributed by atoms with Crippen LogP contribution in [0.2, 0.25) is 0 Å². The summed E-state index contributed by atoms with van der Waals surface area (Å²) in [5.41, 5.74) is 6.82. The van der Waals surface area contributed by atoms with Crippen LogP contribution in [-0.2, 0) is 25.6 Å². The Balaban J connectivity index is 1.72. The van der Waals surface area contributed by atoms with Crippen LogP contribution in [0.25, 0.3) is 0 Å². The molecule has 1 amide bonds. The minimum absolute atomic E-state index is 0.0234. The van der Waals surface area contributed by atoms with Crippen molar-refractivity contribution >= 4 is 29.0 Å². The number of Topliss-reactive ketones (excluding diaryl/α,β-unsaturated/α-hetero) is 4. The monoisotopic (exact) mass is 543 g/mol. The van der Waals surface area contributed by atoms with Crippen molar-refractivity contribution in [2.75, 3.05) is 41.4 Å². The third-order valence-electron chi connectivity index (χ3n) is 8.69. The normalized spacial score (nSPS) is 26.6. The number of methoxy groups -OCH3 is 1. The number of phenolic OH excluding ortho intramolecular Hbond substituents is 1. The van der Waals surface area contributed by atoms with Gasteiger partial charge in [0.15, 0.2) is 23.3 Å². The maximum Gasteiger partial charge on any atom is 0.235 e. The molecule has 0 spiro atoms. The Bertz CT molecular complexity index is 1210. The minimum atomic E-state index is -1.83. The van der Waals surface area contributed by atoms with Gasteiger partial charge in [-0.05, 0) is 71.3 Å². The lowest BCUT2D eigenvalue weighted by molar-refractivity contribution is -0.144. The number of carbonyl (C=O) groups excluding carboxylic acids is 5. The molecule has 212 valence electrons. The number of nitrogens with two attached hydrogens (primary N) is 1. The SMILES string of the molecule is COc1c(C2CCCN2C)cc(O)c2c1CC1CC(C(C(=O)C(C(N)=O)C(=O)CO)N(C)C)CC(=O)C1C2=O. The van der Waals surface area contributed by atoms with Gasteiger partial charge in [0.1, 0.15) is 23.9 Å². The fourth-order valence-corrected chi connectivity index (χ4v) is 7.09. The van der Waals surface area contributed by atoms with Crippen molar-refractivity contribution in [1.82, 2.24) is 9.80 Å². The van der Waals surface area contributed by atoms with Crippen molar-refractivity contribution < 1.29 is 38.9 Å². The fourth-order valence-electron chi connectivity index (χ4n) is 7.09. The molecule has 11 heteroatoms. The highest BCUT2D eigenvalue weighted by Gasteiger charge is 2.51. The lowest BCUT2D eigenvalue weighted by Gasteiger charge is -2.42. The number of phenols is 1. The molecular formula is C28H37N3O8. The number of ketones is 4. The first-order valence-corrected chi connectivity index (χ1v) is 13.3. The van der Waals surface area contributed by atoms with Gasteiger partial charge in [0.25, 0.3) is 0 Å². The first-order valence-electron chi connectivity index (χ1n) is 13.3. The summed E-state index contributed by atoms with van der Waals surface area (Å²) >= 11 is 0. The van der Waals surface area contributed by atoms with Crippen molar-refractivity contribution in [2.45, 2.75) is 44.2 Å². The number of primary amides is 1. The number of aliphatic hydroxyl groups is 1. The molecule has 2 aliphatic carbocycles. The Morgan fingerprint density at radius 2 is 1.92 bits per heavy atom. The maximum atomic E-state index is 13.7. The molecule has 3 aliphatic rings. The van der Waals surface area contributed by atoms with Crippen LogP contribution in [0.5, 0.6) is 11.5 Å². The number of ether oxygens (including phenoxy) is 1. The average Bonchev–Trinajstić information content (AvgIpc) is 3.28. The first-order chi connectivity index (χ1) is 18.4. The Hall–Kier alpha value is -3.15. The number of fused-ring (bicyclic) bond motifs is 2. The Morgan fingerprint density at radius 1 is 1.23 bits per heavy atom. The summed E-state index contributed by atoms with van der Waals surface area (Å²) in [5.74, 6) is -7.20. The number of nitrogens with zero attached hydrogens (tertiary/aromatic N) is 2. The van der Waals surface area contributed by atoms with E-state index in [1.165, 1.54) is 7.11 Å². The number of hydrogen-bond donors (Lipinski definition) is 3. The number of hydrogen-bond acceptors (Lipinski definition) is 10. The van der Waals surface area contributed by atoms with Crippen LogP contribution in [0.3, 0.4) is 0 Å². The number of rotatable bonds is 9. The zero-order valence-electron chi connectivity index (χ0n) is 22.8. The lowest BCUT2D eigenvalue weighted by Crippen LogP contribution is -2.54. The Labute approximate surface area is 227 Å². The minimum Gasteiger partial charge on any atom is -0.507 e. The molecule has 4 rings (SSSR count). The van der Waals surface area contributed by atoms with E-state index < -0.39 is 59.6 Å². The predicted molar refractivity (Wildman–Crippen MR) is 139 cm³/mol. The number of likely N-dealkylation sites (tertiary alicyclic amines) is 1. The molecule has 39 heavy (non-hydrogen) atoms. The largest absolute Gasteiger partial charge is 0.507 e.